The first-order valence-electron chi connectivity index (χ1n) is 12.4. The summed E-state index contributed by atoms with van der Waals surface area (Å²) in [6, 6.07) is 30.5. The summed E-state index contributed by atoms with van der Waals surface area (Å²) in [5.41, 5.74) is 2.36. The fourth-order valence-electron chi connectivity index (χ4n) is 3.79. The molecule has 0 aliphatic heterocycles. The number of benzene rings is 4. The molecule has 204 valence electrons. The number of hydrogen-bond donors (Lipinski definition) is 2. The Balaban J connectivity index is 1.33. The van der Waals surface area contributed by atoms with Crippen LogP contribution in [0.4, 0.5) is 5.69 Å². The average Bonchev–Trinajstić information content (AvgIpc) is 3.47. The average molecular weight is 602 g/mol. The van der Waals surface area contributed by atoms with Gasteiger partial charge >= 0.3 is 0 Å². The normalized spacial score (nSPS) is 11.2. The highest BCUT2D eigenvalue weighted by Gasteiger charge is 2.16. The number of carbonyl (C=O) groups is 2. The van der Waals surface area contributed by atoms with Gasteiger partial charge in [-0.15, -0.1) is 16.9 Å². The van der Waals surface area contributed by atoms with Gasteiger partial charge in [0.05, 0.1) is 11.4 Å². The van der Waals surface area contributed by atoms with Crippen LogP contribution in [0, 0.1) is 0 Å². The maximum atomic E-state index is 13.4. The van der Waals surface area contributed by atoms with Gasteiger partial charge in [0, 0.05) is 26.2 Å². The molecule has 0 fully saturated rings. The standard InChI is InChI=1S/C30H22Cl2N6O2S/c31-22-15-14-21(26(32)17-22)16-27(34-29(39)20-8-3-1-4-9-20)30(40)33-23-10-7-13-25(18-23)41-19-28-35-36-37-38(28)24-11-5-2-6-12-24/h1-18H,19H2,(H,33,40)(H,34,39)/b27-16+. The van der Waals surface area contributed by atoms with E-state index in [1.54, 1.807) is 59.3 Å². The van der Waals surface area contributed by atoms with E-state index in [1.165, 1.54) is 17.8 Å². The zero-order valence-corrected chi connectivity index (χ0v) is 23.7. The van der Waals surface area contributed by atoms with Crippen molar-refractivity contribution in [2.45, 2.75) is 10.6 Å². The van der Waals surface area contributed by atoms with E-state index in [1.807, 2.05) is 48.5 Å². The Morgan fingerprint density at radius 1 is 0.878 bits per heavy atom. The van der Waals surface area contributed by atoms with Crippen molar-refractivity contribution in [3.05, 3.63) is 136 Å². The molecule has 41 heavy (non-hydrogen) atoms. The lowest BCUT2D eigenvalue weighted by Gasteiger charge is -2.13. The van der Waals surface area contributed by atoms with E-state index >= 15 is 0 Å². The van der Waals surface area contributed by atoms with E-state index in [2.05, 4.69) is 26.2 Å². The molecular formula is C30H22Cl2N6O2S. The Morgan fingerprint density at radius 2 is 1.63 bits per heavy atom. The molecule has 5 rings (SSSR count). The lowest BCUT2D eigenvalue weighted by molar-refractivity contribution is -0.113. The van der Waals surface area contributed by atoms with Crippen LogP contribution in [0.3, 0.4) is 0 Å². The van der Waals surface area contributed by atoms with Gasteiger partial charge < -0.3 is 10.6 Å². The minimum atomic E-state index is -0.518. The number of tetrazole rings is 1. The molecular weight excluding hydrogens is 579 g/mol. The van der Waals surface area contributed by atoms with Crippen molar-refractivity contribution in [1.29, 1.82) is 0 Å². The number of thioether (sulfide) groups is 1. The van der Waals surface area contributed by atoms with Crippen molar-refractivity contribution in [2.75, 3.05) is 5.32 Å². The molecule has 11 heteroatoms. The minimum absolute atomic E-state index is 0.0168. The molecule has 0 aliphatic rings. The highest BCUT2D eigenvalue weighted by molar-refractivity contribution is 7.98. The lowest BCUT2D eigenvalue weighted by atomic mass is 10.1. The largest absolute Gasteiger partial charge is 0.321 e. The first-order chi connectivity index (χ1) is 20.0. The molecule has 1 aromatic heterocycles. The molecule has 2 amide bonds. The smallest absolute Gasteiger partial charge is 0.272 e. The van der Waals surface area contributed by atoms with Crippen molar-refractivity contribution < 1.29 is 9.59 Å². The van der Waals surface area contributed by atoms with Gasteiger partial charge in [-0.3, -0.25) is 9.59 Å². The number of rotatable bonds is 9. The van der Waals surface area contributed by atoms with Gasteiger partial charge in [-0.1, -0.05) is 71.7 Å². The minimum Gasteiger partial charge on any atom is -0.321 e. The van der Waals surface area contributed by atoms with E-state index in [4.69, 9.17) is 23.2 Å². The molecule has 4 aromatic carbocycles. The van der Waals surface area contributed by atoms with Gasteiger partial charge in [-0.2, -0.15) is 4.68 Å². The van der Waals surface area contributed by atoms with Crippen molar-refractivity contribution in [3.63, 3.8) is 0 Å². The van der Waals surface area contributed by atoms with Gasteiger partial charge in [0.1, 0.15) is 5.70 Å². The summed E-state index contributed by atoms with van der Waals surface area (Å²) < 4.78 is 1.69. The molecule has 0 radical (unpaired) electrons. The van der Waals surface area contributed by atoms with Crippen LogP contribution in [-0.4, -0.2) is 32.0 Å². The Labute approximate surface area is 250 Å². The van der Waals surface area contributed by atoms with Gasteiger partial charge in [-0.05, 0) is 76.7 Å². The van der Waals surface area contributed by atoms with Crippen LogP contribution in [0.25, 0.3) is 11.8 Å². The van der Waals surface area contributed by atoms with Gasteiger partial charge in [0.2, 0.25) is 0 Å². The SMILES string of the molecule is O=C(Nc1cccc(SCc2nnnn2-c2ccccc2)c1)/C(=C\c1ccc(Cl)cc1Cl)NC(=O)c1ccccc1. The van der Waals surface area contributed by atoms with Crippen LogP contribution in [0.5, 0.6) is 0 Å². The van der Waals surface area contributed by atoms with Crippen LogP contribution >= 0.6 is 35.0 Å². The summed E-state index contributed by atoms with van der Waals surface area (Å²) in [7, 11) is 0. The first-order valence-corrected chi connectivity index (χ1v) is 14.1. The molecule has 5 aromatic rings. The number of para-hydroxylation sites is 1. The predicted molar refractivity (Wildman–Crippen MR) is 162 cm³/mol. The zero-order valence-electron chi connectivity index (χ0n) is 21.4. The molecule has 0 unspecified atom stereocenters. The molecule has 1 heterocycles. The van der Waals surface area contributed by atoms with E-state index in [0.717, 1.165) is 10.6 Å². The molecule has 0 atom stereocenters. The lowest BCUT2D eigenvalue weighted by Crippen LogP contribution is -2.30. The Kier molecular flexibility index (Phi) is 9.10. The van der Waals surface area contributed by atoms with E-state index in [0.29, 0.717) is 38.4 Å². The molecule has 0 bridgehead atoms. The van der Waals surface area contributed by atoms with Crippen molar-refractivity contribution in [2.24, 2.45) is 0 Å². The Bertz CT molecular complexity index is 1710. The fraction of sp³-hybridized carbons (Fsp3) is 0.0333. The summed E-state index contributed by atoms with van der Waals surface area (Å²) >= 11 is 13.9. The van der Waals surface area contributed by atoms with E-state index in [9.17, 15) is 9.59 Å². The fourth-order valence-corrected chi connectivity index (χ4v) is 5.12. The van der Waals surface area contributed by atoms with E-state index < -0.39 is 11.8 Å². The molecule has 0 aliphatic carbocycles. The highest BCUT2D eigenvalue weighted by atomic mass is 35.5. The summed E-state index contributed by atoms with van der Waals surface area (Å²) in [4.78, 5) is 27.2. The van der Waals surface area contributed by atoms with Crippen molar-refractivity contribution >= 4 is 58.5 Å². The van der Waals surface area contributed by atoms with Gasteiger partial charge in [0.15, 0.2) is 5.82 Å². The molecule has 2 N–H and O–H groups in total. The number of nitrogens with one attached hydrogen (secondary N) is 2. The maximum Gasteiger partial charge on any atom is 0.272 e. The monoisotopic (exact) mass is 600 g/mol. The first kappa shape index (κ1) is 28.1. The Hall–Kier alpha value is -4.44. The topological polar surface area (TPSA) is 102 Å². The van der Waals surface area contributed by atoms with Crippen LogP contribution in [0.1, 0.15) is 21.7 Å². The summed E-state index contributed by atoms with van der Waals surface area (Å²) in [6.07, 6.45) is 1.51. The number of hydrogen-bond acceptors (Lipinski definition) is 6. The second kappa shape index (κ2) is 13.3. The van der Waals surface area contributed by atoms with Crippen LogP contribution < -0.4 is 10.6 Å². The summed E-state index contributed by atoms with van der Waals surface area (Å²) in [5.74, 6) is 0.240. The van der Waals surface area contributed by atoms with Gasteiger partial charge in [-0.25, -0.2) is 0 Å². The van der Waals surface area contributed by atoms with Gasteiger partial charge in [0.25, 0.3) is 11.8 Å². The third-order valence-corrected chi connectivity index (χ3v) is 7.34. The second-order valence-electron chi connectivity index (χ2n) is 8.66. The highest BCUT2D eigenvalue weighted by Crippen LogP contribution is 2.26. The quantitative estimate of drug-likeness (QED) is 0.145. The van der Waals surface area contributed by atoms with Crippen LogP contribution in [-0.2, 0) is 10.5 Å². The molecule has 8 nitrogen and oxygen atoms in total. The maximum absolute atomic E-state index is 13.4. The zero-order chi connectivity index (χ0) is 28.6. The van der Waals surface area contributed by atoms with Crippen molar-refractivity contribution in [3.8, 4) is 5.69 Å². The molecule has 0 spiro atoms. The number of amides is 2. The van der Waals surface area contributed by atoms with Crippen LogP contribution in [0.2, 0.25) is 10.0 Å². The Morgan fingerprint density at radius 3 is 2.39 bits per heavy atom. The van der Waals surface area contributed by atoms with Crippen molar-refractivity contribution in [1.82, 2.24) is 25.5 Å². The third-order valence-electron chi connectivity index (χ3n) is 5.79. The molecule has 0 saturated carbocycles. The second-order valence-corrected chi connectivity index (χ2v) is 10.5. The summed E-state index contributed by atoms with van der Waals surface area (Å²) in [6.45, 7) is 0. The summed E-state index contributed by atoms with van der Waals surface area (Å²) in [5, 5.41) is 18.4. The number of carbonyl (C=O) groups excluding carboxylic acids is 2. The number of halogens is 2. The number of anilines is 1. The predicted octanol–water partition coefficient (Wildman–Crippen LogP) is 6.67. The van der Waals surface area contributed by atoms with Crippen LogP contribution in [0.15, 0.2) is 114 Å². The number of aromatic nitrogens is 4. The van der Waals surface area contributed by atoms with E-state index in [-0.39, 0.29) is 5.70 Å². The molecule has 0 saturated heterocycles. The third kappa shape index (κ3) is 7.40. The number of nitrogens with zero attached hydrogens (tertiary/aromatic N) is 4.